The molecule has 0 saturated carbocycles. The molecule has 4 heterocycles. The first-order valence-electron chi connectivity index (χ1n) is 5.24. The first-order chi connectivity index (χ1) is 8.93. The van der Waals surface area contributed by atoms with E-state index in [-0.39, 0.29) is 0 Å². The number of nitrogens with zero attached hydrogens (tertiary/aromatic N) is 6. The van der Waals surface area contributed by atoms with Crippen molar-refractivity contribution in [2.45, 2.75) is 0 Å². The molecule has 0 spiro atoms. The van der Waals surface area contributed by atoms with Gasteiger partial charge in [0.2, 0.25) is 0 Å². The van der Waals surface area contributed by atoms with Crippen LogP contribution in [-0.4, -0.2) is 40.8 Å². The van der Waals surface area contributed by atoms with Gasteiger partial charge in [0, 0.05) is 11.6 Å². The van der Waals surface area contributed by atoms with Crippen molar-refractivity contribution in [2.75, 3.05) is 0 Å². The average molecular weight is 238 g/mol. The lowest BCUT2D eigenvalue weighted by Crippen LogP contribution is -1.92. The number of rotatable bonds is 1. The number of aromatic amines is 2. The van der Waals surface area contributed by atoms with Crippen LogP contribution < -0.4 is 0 Å². The predicted octanol–water partition coefficient (Wildman–Crippen LogP) is 0.686. The zero-order valence-corrected chi connectivity index (χ0v) is 8.99. The lowest BCUT2D eigenvalue weighted by atomic mass is 10.2. The molecule has 0 aliphatic heterocycles. The molecular formula is C10H6N8. The summed E-state index contributed by atoms with van der Waals surface area (Å²) >= 11 is 0. The number of pyridine rings is 1. The van der Waals surface area contributed by atoms with Crippen LogP contribution in [0, 0.1) is 0 Å². The molecule has 4 rings (SSSR count). The normalized spacial score (nSPS) is 11.3. The zero-order chi connectivity index (χ0) is 11.9. The smallest absolute Gasteiger partial charge is 0.140 e. The van der Waals surface area contributed by atoms with Gasteiger partial charge in [-0.3, -0.25) is 15.2 Å². The lowest BCUT2D eigenvalue weighted by Gasteiger charge is -2.00. The van der Waals surface area contributed by atoms with E-state index in [1.165, 1.54) is 0 Å². The largest absolute Gasteiger partial charge is 0.275 e. The fourth-order valence-electron chi connectivity index (χ4n) is 1.90. The van der Waals surface area contributed by atoms with Gasteiger partial charge in [-0.15, -0.1) is 10.2 Å². The summed E-state index contributed by atoms with van der Waals surface area (Å²) in [5.41, 5.74) is 3.49. The molecule has 86 valence electrons. The number of hydrogen-bond acceptors (Lipinski definition) is 6. The van der Waals surface area contributed by atoms with Gasteiger partial charge in [-0.25, -0.2) is 0 Å². The SMILES string of the molecule is c1cc2[nH]nnc2c(-c2nncc3cn[nH]c23)n1. The molecule has 8 nitrogen and oxygen atoms in total. The van der Waals surface area contributed by atoms with Crippen LogP contribution in [0.3, 0.4) is 0 Å². The Labute approximate surface area is 99.5 Å². The maximum atomic E-state index is 4.31. The molecule has 0 bridgehead atoms. The van der Waals surface area contributed by atoms with E-state index in [1.54, 1.807) is 24.7 Å². The summed E-state index contributed by atoms with van der Waals surface area (Å²) in [6, 6.07) is 1.80. The average Bonchev–Trinajstić information content (AvgIpc) is 3.06. The highest BCUT2D eigenvalue weighted by Gasteiger charge is 2.14. The Morgan fingerprint density at radius 3 is 3.00 bits per heavy atom. The van der Waals surface area contributed by atoms with E-state index >= 15 is 0 Å². The molecule has 0 radical (unpaired) electrons. The minimum absolute atomic E-state index is 0.615. The first-order valence-corrected chi connectivity index (χ1v) is 5.24. The van der Waals surface area contributed by atoms with Crippen molar-refractivity contribution in [3.63, 3.8) is 0 Å². The summed E-state index contributed by atoms with van der Waals surface area (Å²) in [6.07, 6.45) is 5.01. The third-order valence-corrected chi connectivity index (χ3v) is 2.73. The van der Waals surface area contributed by atoms with Crippen molar-refractivity contribution >= 4 is 21.9 Å². The van der Waals surface area contributed by atoms with Crippen LogP contribution in [0.15, 0.2) is 24.7 Å². The van der Waals surface area contributed by atoms with Gasteiger partial charge in [0.15, 0.2) is 0 Å². The van der Waals surface area contributed by atoms with E-state index in [2.05, 4.69) is 40.8 Å². The van der Waals surface area contributed by atoms with Crippen molar-refractivity contribution in [1.82, 2.24) is 40.8 Å². The highest BCUT2D eigenvalue weighted by molar-refractivity contribution is 5.96. The first kappa shape index (κ1) is 9.16. The maximum absolute atomic E-state index is 4.31. The molecule has 0 aliphatic carbocycles. The number of H-pyrrole nitrogens is 2. The summed E-state index contributed by atoms with van der Waals surface area (Å²) in [5, 5.41) is 26.4. The second-order valence-electron chi connectivity index (χ2n) is 3.76. The van der Waals surface area contributed by atoms with Gasteiger partial charge >= 0.3 is 0 Å². The minimum atomic E-state index is 0.615. The Balaban J connectivity index is 2.13. The molecule has 4 aromatic heterocycles. The summed E-state index contributed by atoms with van der Waals surface area (Å²) < 4.78 is 0. The second-order valence-corrected chi connectivity index (χ2v) is 3.76. The van der Waals surface area contributed by atoms with Crippen LogP contribution in [0.2, 0.25) is 0 Å². The van der Waals surface area contributed by atoms with Crippen LogP contribution in [-0.2, 0) is 0 Å². The molecule has 2 N–H and O–H groups in total. The molecule has 0 amide bonds. The molecule has 4 aromatic rings. The molecule has 0 saturated heterocycles. The van der Waals surface area contributed by atoms with Gasteiger partial charge in [-0.1, -0.05) is 5.21 Å². The van der Waals surface area contributed by atoms with E-state index in [9.17, 15) is 0 Å². The predicted molar refractivity (Wildman–Crippen MR) is 62.4 cm³/mol. The number of aromatic nitrogens is 8. The van der Waals surface area contributed by atoms with Gasteiger partial charge in [-0.05, 0) is 6.07 Å². The molecule has 0 unspecified atom stereocenters. The molecule has 0 aromatic carbocycles. The van der Waals surface area contributed by atoms with Crippen LogP contribution in [0.1, 0.15) is 0 Å². The Hall–Kier alpha value is -2.90. The Bertz CT molecular complexity index is 773. The van der Waals surface area contributed by atoms with Gasteiger partial charge in [0.05, 0.1) is 23.4 Å². The van der Waals surface area contributed by atoms with E-state index < -0.39 is 0 Å². The molecule has 8 heteroatoms. The van der Waals surface area contributed by atoms with Crippen LogP contribution in [0.5, 0.6) is 0 Å². The minimum Gasteiger partial charge on any atom is -0.275 e. The van der Waals surface area contributed by atoms with E-state index in [0.29, 0.717) is 16.9 Å². The van der Waals surface area contributed by atoms with Crippen molar-refractivity contribution in [3.8, 4) is 11.4 Å². The second kappa shape index (κ2) is 3.29. The van der Waals surface area contributed by atoms with Crippen LogP contribution in [0.4, 0.5) is 0 Å². The van der Waals surface area contributed by atoms with E-state index in [4.69, 9.17) is 0 Å². The van der Waals surface area contributed by atoms with Crippen LogP contribution in [0.25, 0.3) is 33.3 Å². The summed E-state index contributed by atoms with van der Waals surface area (Å²) in [5.74, 6) is 0. The summed E-state index contributed by atoms with van der Waals surface area (Å²) in [6.45, 7) is 0. The van der Waals surface area contributed by atoms with Gasteiger partial charge in [0.1, 0.15) is 16.9 Å². The molecule has 0 aliphatic rings. The monoisotopic (exact) mass is 238 g/mol. The van der Waals surface area contributed by atoms with Gasteiger partial charge in [0.25, 0.3) is 0 Å². The van der Waals surface area contributed by atoms with E-state index in [0.717, 1.165) is 16.4 Å². The molecule has 18 heavy (non-hydrogen) atoms. The molecule has 0 fully saturated rings. The highest BCUT2D eigenvalue weighted by Crippen LogP contribution is 2.26. The van der Waals surface area contributed by atoms with Crippen LogP contribution >= 0.6 is 0 Å². The quantitative estimate of drug-likeness (QED) is 0.505. The van der Waals surface area contributed by atoms with Gasteiger partial charge < -0.3 is 0 Å². The van der Waals surface area contributed by atoms with Crippen molar-refractivity contribution in [3.05, 3.63) is 24.7 Å². The number of fused-ring (bicyclic) bond motifs is 2. The fourth-order valence-corrected chi connectivity index (χ4v) is 1.90. The number of nitrogens with one attached hydrogen (secondary N) is 2. The third kappa shape index (κ3) is 1.14. The topological polar surface area (TPSA) is 109 Å². The highest BCUT2D eigenvalue weighted by atomic mass is 15.3. The molecular weight excluding hydrogens is 232 g/mol. The van der Waals surface area contributed by atoms with Crippen molar-refractivity contribution in [2.24, 2.45) is 0 Å². The summed E-state index contributed by atoms with van der Waals surface area (Å²) in [4.78, 5) is 4.31. The Morgan fingerprint density at radius 1 is 1.00 bits per heavy atom. The summed E-state index contributed by atoms with van der Waals surface area (Å²) in [7, 11) is 0. The molecule has 0 atom stereocenters. The third-order valence-electron chi connectivity index (χ3n) is 2.73. The lowest BCUT2D eigenvalue weighted by molar-refractivity contribution is 0.958. The fraction of sp³-hybridized carbons (Fsp3) is 0. The number of hydrogen-bond donors (Lipinski definition) is 2. The van der Waals surface area contributed by atoms with Crippen molar-refractivity contribution in [1.29, 1.82) is 0 Å². The van der Waals surface area contributed by atoms with E-state index in [1.807, 2.05) is 0 Å². The van der Waals surface area contributed by atoms with Gasteiger partial charge in [-0.2, -0.15) is 10.2 Å². The zero-order valence-electron chi connectivity index (χ0n) is 8.99. The Kier molecular flexibility index (Phi) is 1.68. The van der Waals surface area contributed by atoms with Crippen molar-refractivity contribution < 1.29 is 0 Å². The Morgan fingerprint density at radius 2 is 2.00 bits per heavy atom. The standard InChI is InChI=1S/C10H6N8/c1-2-11-9(8-6(1)14-18-17-8)10-7-5(3-12-15-7)4-13-16-10/h1-4H,(H,12,15)(H,14,17,18). The maximum Gasteiger partial charge on any atom is 0.140 e.